The summed E-state index contributed by atoms with van der Waals surface area (Å²) in [5, 5.41) is 2.85. The molecule has 0 unspecified atom stereocenters. The van der Waals surface area contributed by atoms with Crippen molar-refractivity contribution in [2.45, 2.75) is 80.1 Å². The summed E-state index contributed by atoms with van der Waals surface area (Å²) in [4.78, 5) is 0. The summed E-state index contributed by atoms with van der Waals surface area (Å²) in [5.41, 5.74) is 8.15. The minimum atomic E-state index is -2.57. The fourth-order valence-electron chi connectivity index (χ4n) is 5.41. The fraction of sp³-hybridized carbons (Fsp3) is 0.520. The lowest BCUT2D eigenvalue weighted by Gasteiger charge is -2.47. The molecule has 2 atom stereocenters. The maximum absolute atomic E-state index is 7.06. The second-order valence-corrected chi connectivity index (χ2v) is 12.1. The van der Waals surface area contributed by atoms with Gasteiger partial charge in [-0.1, -0.05) is 49.2 Å². The van der Waals surface area contributed by atoms with Crippen LogP contribution in [-0.4, -0.2) is 26.8 Å². The van der Waals surface area contributed by atoms with Gasteiger partial charge in [-0.05, 0) is 87.0 Å². The molecular weight excluding hydrogens is 360 g/mol. The van der Waals surface area contributed by atoms with E-state index in [0.29, 0.717) is 6.61 Å². The molecule has 2 aromatic rings. The van der Waals surface area contributed by atoms with Crippen LogP contribution in [0.1, 0.15) is 60.1 Å². The highest BCUT2D eigenvalue weighted by Gasteiger charge is 2.53. The first kappa shape index (κ1) is 21.3. The largest absolute Gasteiger partial charge is 0.403 e. The molecule has 1 saturated heterocycles. The summed E-state index contributed by atoms with van der Waals surface area (Å²) in [6, 6.07) is 9.27. The number of rotatable bonds is 4. The third kappa shape index (κ3) is 3.49. The summed E-state index contributed by atoms with van der Waals surface area (Å²) in [5.74, 6) is 0. The van der Waals surface area contributed by atoms with Crippen LogP contribution < -0.4 is 10.4 Å². The molecular formula is C25H36O2Si. The lowest BCUT2D eigenvalue weighted by Crippen LogP contribution is -2.74. The standard InChI is InChI=1S/C25H36O2Si/c1-9-22-15-26-28(23(10-2)27-22,24-18(5)11-16(3)12-19(24)6)25-20(7)13-17(4)14-21(25)8/h11-14,22-23H,9-10,15H2,1-8H3/t22-,23+/m0/s1. The molecule has 0 saturated carbocycles. The molecule has 0 N–H and O–H groups in total. The summed E-state index contributed by atoms with van der Waals surface area (Å²) in [6.45, 7) is 18.5. The molecule has 0 spiro atoms. The average molecular weight is 397 g/mol. The van der Waals surface area contributed by atoms with E-state index in [4.69, 9.17) is 9.16 Å². The Labute approximate surface area is 172 Å². The molecule has 2 aromatic carbocycles. The van der Waals surface area contributed by atoms with Crippen molar-refractivity contribution in [3.8, 4) is 0 Å². The number of hydrogen-bond donors (Lipinski definition) is 0. The van der Waals surface area contributed by atoms with Crippen LogP contribution in [0.25, 0.3) is 0 Å². The van der Waals surface area contributed by atoms with E-state index in [0.717, 1.165) is 12.8 Å². The van der Waals surface area contributed by atoms with Gasteiger partial charge in [0.15, 0.2) is 0 Å². The van der Waals surface area contributed by atoms with Gasteiger partial charge in [0.1, 0.15) is 0 Å². The lowest BCUT2D eigenvalue weighted by molar-refractivity contribution is -0.0448. The Kier molecular flexibility index (Phi) is 6.19. The highest BCUT2D eigenvalue weighted by Crippen LogP contribution is 2.30. The van der Waals surface area contributed by atoms with Crippen molar-refractivity contribution < 1.29 is 9.16 Å². The van der Waals surface area contributed by atoms with Gasteiger partial charge in [-0.15, -0.1) is 0 Å². The van der Waals surface area contributed by atoms with Gasteiger partial charge in [0.25, 0.3) is 8.32 Å². The Balaban J connectivity index is 2.37. The van der Waals surface area contributed by atoms with E-state index < -0.39 is 8.32 Å². The van der Waals surface area contributed by atoms with E-state index in [-0.39, 0.29) is 11.8 Å². The Morgan fingerprint density at radius 2 is 1.18 bits per heavy atom. The number of benzene rings is 2. The SMILES string of the molecule is CC[C@H]1CO[Si](c2c(C)cc(C)cc2C)(c2c(C)cc(C)cc2C)[C@H](CC)O1. The Morgan fingerprint density at radius 1 is 0.750 bits per heavy atom. The van der Waals surface area contributed by atoms with Gasteiger partial charge in [-0.25, -0.2) is 0 Å². The average Bonchev–Trinajstić information content (AvgIpc) is 2.60. The Morgan fingerprint density at radius 3 is 1.54 bits per heavy atom. The van der Waals surface area contributed by atoms with Gasteiger partial charge >= 0.3 is 0 Å². The van der Waals surface area contributed by atoms with Gasteiger partial charge in [-0.3, -0.25) is 0 Å². The van der Waals surface area contributed by atoms with Crippen LogP contribution in [0.2, 0.25) is 0 Å². The number of hydrogen-bond acceptors (Lipinski definition) is 2. The molecule has 3 heteroatoms. The Hall–Kier alpha value is -1.42. The highest BCUT2D eigenvalue weighted by atomic mass is 28.4. The molecule has 0 radical (unpaired) electrons. The third-order valence-electron chi connectivity index (χ3n) is 6.23. The monoisotopic (exact) mass is 396 g/mol. The van der Waals surface area contributed by atoms with Gasteiger partial charge in [0.05, 0.1) is 18.4 Å². The van der Waals surface area contributed by atoms with Crippen LogP contribution in [-0.2, 0) is 9.16 Å². The van der Waals surface area contributed by atoms with Crippen molar-refractivity contribution in [1.29, 1.82) is 0 Å². The van der Waals surface area contributed by atoms with Gasteiger partial charge < -0.3 is 9.16 Å². The fourth-order valence-corrected chi connectivity index (χ4v) is 10.8. The quantitative estimate of drug-likeness (QED) is 0.695. The molecule has 0 aliphatic carbocycles. The molecule has 1 fully saturated rings. The first-order valence-corrected chi connectivity index (χ1v) is 12.7. The molecule has 1 heterocycles. The minimum Gasteiger partial charge on any atom is -0.403 e. The Bertz CT molecular complexity index is 767. The van der Waals surface area contributed by atoms with Crippen LogP contribution in [0.3, 0.4) is 0 Å². The molecule has 2 nitrogen and oxygen atoms in total. The molecule has 1 aliphatic heterocycles. The molecule has 0 amide bonds. The lowest BCUT2D eigenvalue weighted by atomic mass is 10.1. The van der Waals surface area contributed by atoms with Crippen LogP contribution in [0.5, 0.6) is 0 Å². The zero-order chi connectivity index (χ0) is 20.6. The number of aryl methyl sites for hydroxylation is 6. The predicted octanol–water partition coefficient (Wildman–Crippen LogP) is 4.74. The van der Waals surface area contributed by atoms with E-state index in [1.807, 2.05) is 0 Å². The zero-order valence-corrected chi connectivity index (χ0v) is 19.9. The first-order chi connectivity index (χ1) is 13.2. The summed E-state index contributed by atoms with van der Waals surface area (Å²) < 4.78 is 13.8. The molecule has 3 rings (SSSR count). The third-order valence-corrected chi connectivity index (χ3v) is 11.4. The van der Waals surface area contributed by atoms with Crippen molar-refractivity contribution in [3.05, 3.63) is 57.6 Å². The highest BCUT2D eigenvalue weighted by molar-refractivity contribution is 6.99. The van der Waals surface area contributed by atoms with Crippen LogP contribution in [0.4, 0.5) is 0 Å². The van der Waals surface area contributed by atoms with Gasteiger partial charge in [0.2, 0.25) is 0 Å². The topological polar surface area (TPSA) is 18.5 Å². The predicted molar refractivity (Wildman–Crippen MR) is 122 cm³/mol. The molecule has 0 aromatic heterocycles. The van der Waals surface area contributed by atoms with Crippen LogP contribution in [0, 0.1) is 41.5 Å². The first-order valence-electron chi connectivity index (χ1n) is 10.7. The number of ether oxygens (including phenoxy) is 1. The molecule has 1 aliphatic rings. The van der Waals surface area contributed by atoms with Crippen molar-refractivity contribution in [1.82, 2.24) is 0 Å². The molecule has 28 heavy (non-hydrogen) atoms. The van der Waals surface area contributed by atoms with Crippen LogP contribution >= 0.6 is 0 Å². The smallest absolute Gasteiger partial charge is 0.285 e. The summed E-state index contributed by atoms with van der Waals surface area (Å²) >= 11 is 0. The normalized spacial score (nSPS) is 21.7. The summed E-state index contributed by atoms with van der Waals surface area (Å²) in [7, 11) is -2.57. The van der Waals surface area contributed by atoms with Gasteiger partial charge in [-0.2, -0.15) is 0 Å². The second kappa shape index (κ2) is 8.14. The van der Waals surface area contributed by atoms with E-state index >= 15 is 0 Å². The maximum atomic E-state index is 7.06. The van der Waals surface area contributed by atoms with E-state index in [2.05, 4.69) is 79.7 Å². The second-order valence-electron chi connectivity index (χ2n) is 8.66. The van der Waals surface area contributed by atoms with Crippen molar-refractivity contribution in [2.75, 3.05) is 6.61 Å². The van der Waals surface area contributed by atoms with E-state index in [1.54, 1.807) is 0 Å². The molecule has 152 valence electrons. The van der Waals surface area contributed by atoms with E-state index in [9.17, 15) is 0 Å². The van der Waals surface area contributed by atoms with Crippen LogP contribution in [0.15, 0.2) is 24.3 Å². The zero-order valence-electron chi connectivity index (χ0n) is 18.9. The molecule has 0 bridgehead atoms. The maximum Gasteiger partial charge on any atom is 0.285 e. The summed E-state index contributed by atoms with van der Waals surface area (Å²) in [6.07, 6.45) is 2.17. The van der Waals surface area contributed by atoms with Crippen molar-refractivity contribution in [2.24, 2.45) is 0 Å². The minimum absolute atomic E-state index is 0.131. The van der Waals surface area contributed by atoms with Crippen molar-refractivity contribution in [3.63, 3.8) is 0 Å². The van der Waals surface area contributed by atoms with Crippen molar-refractivity contribution >= 4 is 18.7 Å². The van der Waals surface area contributed by atoms with Gasteiger partial charge in [0, 0.05) is 0 Å². The van der Waals surface area contributed by atoms with E-state index in [1.165, 1.54) is 43.8 Å².